The maximum absolute atomic E-state index is 13.8. The van der Waals surface area contributed by atoms with E-state index in [9.17, 15) is 10.1 Å². The monoisotopic (exact) mass is 436 g/mol. The van der Waals surface area contributed by atoms with Gasteiger partial charge in [-0.3, -0.25) is 9.69 Å². The standard InChI is InChI=1S/C27H24N4O2/c1-16-21-10-9-18-7-8-20(19-6-4-5-17(13-19)15-28)14-23(18)27(22(21)11-12-24(16)33-3)25(32)31(2)26(29)30-27/h4-8,11-14H,9-10H2,1-3H3,(H2,29,30). The maximum atomic E-state index is 13.8. The molecule has 0 saturated carbocycles. The van der Waals surface area contributed by atoms with Crippen molar-refractivity contribution in [1.82, 2.24) is 4.90 Å². The number of rotatable bonds is 2. The number of methoxy groups -OCH3 is 1. The highest BCUT2D eigenvalue weighted by atomic mass is 16.5. The molecule has 1 unspecified atom stereocenters. The summed E-state index contributed by atoms with van der Waals surface area (Å²) in [6.07, 6.45) is 1.53. The third kappa shape index (κ3) is 2.93. The Labute approximate surface area is 192 Å². The zero-order chi connectivity index (χ0) is 23.3. The van der Waals surface area contributed by atoms with E-state index < -0.39 is 5.54 Å². The number of likely N-dealkylation sites (N-methyl/N-ethyl adjacent to an activating group) is 1. The average molecular weight is 437 g/mol. The fourth-order valence-corrected chi connectivity index (χ4v) is 5.09. The molecule has 1 aliphatic carbocycles. The van der Waals surface area contributed by atoms with E-state index in [0.29, 0.717) is 5.56 Å². The first-order chi connectivity index (χ1) is 15.9. The number of fused-ring (bicyclic) bond motifs is 4. The third-order valence-electron chi connectivity index (χ3n) is 6.87. The van der Waals surface area contributed by atoms with E-state index >= 15 is 0 Å². The Kier molecular flexibility index (Phi) is 4.71. The predicted octanol–water partition coefficient (Wildman–Crippen LogP) is 3.67. The number of carbonyl (C=O) groups is 1. The van der Waals surface area contributed by atoms with Gasteiger partial charge in [-0.15, -0.1) is 0 Å². The van der Waals surface area contributed by atoms with E-state index in [1.54, 1.807) is 20.2 Å². The first-order valence-electron chi connectivity index (χ1n) is 10.8. The Balaban J connectivity index is 1.82. The first kappa shape index (κ1) is 20.8. The molecule has 3 aromatic carbocycles. The molecule has 2 aliphatic rings. The van der Waals surface area contributed by atoms with Crippen molar-refractivity contribution >= 4 is 11.9 Å². The number of hydrogen-bond acceptors (Lipinski definition) is 5. The van der Waals surface area contributed by atoms with Crippen LogP contribution >= 0.6 is 0 Å². The molecule has 1 spiro atoms. The number of hydrogen-bond donors (Lipinski definition) is 1. The maximum Gasteiger partial charge on any atom is 0.266 e. The van der Waals surface area contributed by atoms with Gasteiger partial charge in [-0.2, -0.15) is 5.26 Å². The third-order valence-corrected chi connectivity index (χ3v) is 6.87. The Hall–Kier alpha value is -4.11. The van der Waals surface area contributed by atoms with Crippen LogP contribution in [0.1, 0.15) is 33.4 Å². The summed E-state index contributed by atoms with van der Waals surface area (Å²) in [5.41, 5.74) is 12.2. The fourth-order valence-electron chi connectivity index (χ4n) is 5.09. The molecule has 6 heteroatoms. The minimum Gasteiger partial charge on any atom is -0.496 e. The molecule has 1 amide bonds. The number of amides is 1. The normalized spacial score (nSPS) is 18.9. The van der Waals surface area contributed by atoms with Crippen molar-refractivity contribution in [2.24, 2.45) is 10.7 Å². The van der Waals surface area contributed by atoms with Crippen LogP contribution in [0.5, 0.6) is 5.75 Å². The molecule has 0 fully saturated rings. The van der Waals surface area contributed by atoms with Crippen molar-refractivity contribution in [3.8, 4) is 22.9 Å². The van der Waals surface area contributed by atoms with Crippen molar-refractivity contribution < 1.29 is 9.53 Å². The van der Waals surface area contributed by atoms with Crippen molar-refractivity contribution in [3.63, 3.8) is 0 Å². The molecule has 2 N–H and O–H groups in total. The molecule has 0 bridgehead atoms. The van der Waals surface area contributed by atoms with Gasteiger partial charge in [0.15, 0.2) is 11.5 Å². The molecule has 6 nitrogen and oxygen atoms in total. The van der Waals surface area contributed by atoms with Gasteiger partial charge in [0.05, 0.1) is 18.7 Å². The van der Waals surface area contributed by atoms with E-state index in [2.05, 4.69) is 12.1 Å². The largest absolute Gasteiger partial charge is 0.496 e. The van der Waals surface area contributed by atoms with E-state index in [4.69, 9.17) is 15.5 Å². The van der Waals surface area contributed by atoms with E-state index in [1.165, 1.54) is 4.90 Å². The molecular formula is C27H24N4O2. The minimum atomic E-state index is -1.25. The Morgan fingerprint density at radius 2 is 1.88 bits per heavy atom. The van der Waals surface area contributed by atoms with Crippen LogP contribution in [0.4, 0.5) is 0 Å². The topological polar surface area (TPSA) is 91.7 Å². The molecule has 0 aromatic heterocycles. The lowest BCUT2D eigenvalue weighted by molar-refractivity contribution is -0.129. The highest BCUT2D eigenvalue weighted by molar-refractivity contribution is 6.09. The summed E-state index contributed by atoms with van der Waals surface area (Å²) in [5.74, 6) is 0.820. The first-order valence-corrected chi connectivity index (χ1v) is 10.8. The lowest BCUT2D eigenvalue weighted by atomic mass is 9.78. The summed E-state index contributed by atoms with van der Waals surface area (Å²) in [6, 6.07) is 19.7. The van der Waals surface area contributed by atoms with Crippen LogP contribution in [0.25, 0.3) is 11.1 Å². The van der Waals surface area contributed by atoms with E-state index in [1.807, 2.05) is 49.4 Å². The molecule has 33 heavy (non-hydrogen) atoms. The van der Waals surface area contributed by atoms with Gasteiger partial charge in [0.2, 0.25) is 0 Å². The second kappa shape index (κ2) is 7.49. The lowest BCUT2D eigenvalue weighted by Crippen LogP contribution is -2.41. The Morgan fingerprint density at radius 1 is 1.09 bits per heavy atom. The molecule has 1 atom stereocenters. The quantitative estimate of drug-likeness (QED) is 0.663. The molecule has 0 radical (unpaired) electrons. The highest BCUT2D eigenvalue weighted by Gasteiger charge is 2.52. The number of nitriles is 1. The average Bonchev–Trinajstić information content (AvgIpc) is 2.98. The SMILES string of the molecule is COc1ccc2c(c1C)CCc1ccc(-c3cccc(C#N)c3)cc1C21N=C(N)N(C)C1=O. The minimum absolute atomic E-state index is 0.170. The van der Waals surface area contributed by atoms with Crippen LogP contribution in [-0.4, -0.2) is 30.9 Å². The van der Waals surface area contributed by atoms with Crippen molar-refractivity contribution in [2.75, 3.05) is 14.2 Å². The van der Waals surface area contributed by atoms with Crippen LogP contribution in [0.15, 0.2) is 59.6 Å². The zero-order valence-electron chi connectivity index (χ0n) is 18.8. The molecule has 1 aliphatic heterocycles. The van der Waals surface area contributed by atoms with E-state index in [-0.39, 0.29) is 11.9 Å². The van der Waals surface area contributed by atoms with Crippen LogP contribution < -0.4 is 10.5 Å². The summed E-state index contributed by atoms with van der Waals surface area (Å²) in [4.78, 5) is 20.1. The zero-order valence-corrected chi connectivity index (χ0v) is 18.8. The van der Waals surface area contributed by atoms with Crippen molar-refractivity contribution in [1.29, 1.82) is 5.26 Å². The van der Waals surface area contributed by atoms with Gasteiger partial charge in [-0.1, -0.05) is 30.3 Å². The predicted molar refractivity (Wildman–Crippen MR) is 127 cm³/mol. The summed E-state index contributed by atoms with van der Waals surface area (Å²) >= 11 is 0. The number of nitrogens with zero attached hydrogens (tertiary/aromatic N) is 3. The van der Waals surface area contributed by atoms with Gasteiger partial charge in [0.25, 0.3) is 5.91 Å². The number of ether oxygens (including phenoxy) is 1. The Morgan fingerprint density at radius 3 is 2.58 bits per heavy atom. The summed E-state index contributed by atoms with van der Waals surface area (Å²) < 4.78 is 5.57. The molecule has 0 saturated heterocycles. The number of aliphatic imine (C=N–C) groups is 1. The van der Waals surface area contributed by atoms with Crippen LogP contribution in [-0.2, 0) is 23.2 Å². The van der Waals surface area contributed by atoms with Gasteiger partial charge in [-0.25, -0.2) is 4.99 Å². The molecule has 5 rings (SSSR count). The number of nitrogens with two attached hydrogens (primary N) is 1. The van der Waals surface area contributed by atoms with E-state index in [0.717, 1.165) is 57.5 Å². The van der Waals surface area contributed by atoms with Crippen LogP contribution in [0.3, 0.4) is 0 Å². The van der Waals surface area contributed by atoms with Gasteiger partial charge in [0.1, 0.15) is 5.75 Å². The van der Waals surface area contributed by atoms with Crippen LogP contribution in [0, 0.1) is 18.3 Å². The molecule has 1 heterocycles. The van der Waals surface area contributed by atoms with Crippen molar-refractivity contribution in [2.45, 2.75) is 25.3 Å². The van der Waals surface area contributed by atoms with Gasteiger partial charge >= 0.3 is 0 Å². The number of aryl methyl sites for hydroxylation is 1. The summed E-state index contributed by atoms with van der Waals surface area (Å²) in [6.45, 7) is 2.02. The number of carbonyl (C=O) groups excluding carboxylic acids is 1. The summed E-state index contributed by atoms with van der Waals surface area (Å²) in [7, 11) is 3.32. The number of benzene rings is 3. The van der Waals surface area contributed by atoms with Crippen molar-refractivity contribution in [3.05, 3.63) is 88.0 Å². The fraction of sp³-hybridized carbons (Fsp3) is 0.222. The summed E-state index contributed by atoms with van der Waals surface area (Å²) in [5, 5.41) is 9.33. The molecule has 164 valence electrons. The lowest BCUT2D eigenvalue weighted by Gasteiger charge is -2.29. The molecule has 3 aromatic rings. The number of guanidine groups is 1. The van der Waals surface area contributed by atoms with Gasteiger partial charge in [-0.05, 0) is 83.0 Å². The second-order valence-corrected chi connectivity index (χ2v) is 8.53. The highest BCUT2D eigenvalue weighted by Crippen LogP contribution is 2.47. The molecular weight excluding hydrogens is 412 g/mol. The second-order valence-electron chi connectivity index (χ2n) is 8.53. The van der Waals surface area contributed by atoms with Gasteiger partial charge < -0.3 is 10.5 Å². The van der Waals surface area contributed by atoms with Gasteiger partial charge in [0, 0.05) is 7.05 Å². The van der Waals surface area contributed by atoms with Crippen LogP contribution in [0.2, 0.25) is 0 Å². The smallest absolute Gasteiger partial charge is 0.266 e. The Bertz CT molecular complexity index is 1390.